The van der Waals surface area contributed by atoms with Crippen LogP contribution >= 0.6 is 24.8 Å². The topological polar surface area (TPSA) is 87.5 Å². The van der Waals surface area contributed by atoms with Crippen LogP contribution in [0.5, 0.6) is 0 Å². The Morgan fingerprint density at radius 2 is 1.79 bits per heavy atom. The van der Waals surface area contributed by atoms with Crippen LogP contribution in [0.15, 0.2) is 18.2 Å². The van der Waals surface area contributed by atoms with E-state index in [9.17, 15) is 9.59 Å². The van der Waals surface area contributed by atoms with Gasteiger partial charge in [0.15, 0.2) is 0 Å². The summed E-state index contributed by atoms with van der Waals surface area (Å²) in [5.74, 6) is 0.00789. The molecule has 1 aromatic carbocycles. The third kappa shape index (κ3) is 7.78. The lowest BCUT2D eigenvalue weighted by Gasteiger charge is -2.26. The summed E-state index contributed by atoms with van der Waals surface area (Å²) in [5.41, 5.74) is 8.47. The molecular weight excluding hydrogens is 411 g/mol. The number of hydrogen-bond donors (Lipinski definition) is 3. The van der Waals surface area contributed by atoms with Gasteiger partial charge in [-0.25, -0.2) is 0 Å². The number of anilines is 2. The highest BCUT2D eigenvalue weighted by Gasteiger charge is 2.25. The number of piperidine rings is 1. The van der Waals surface area contributed by atoms with Crippen molar-refractivity contribution in [1.82, 2.24) is 4.90 Å². The summed E-state index contributed by atoms with van der Waals surface area (Å²) in [4.78, 5) is 27.1. The predicted molar refractivity (Wildman–Crippen MR) is 123 cm³/mol. The van der Waals surface area contributed by atoms with Gasteiger partial charge in [0.25, 0.3) is 0 Å². The molecule has 1 heterocycles. The highest BCUT2D eigenvalue weighted by atomic mass is 35.5. The number of carbonyl (C=O) groups excluding carboxylic acids is 2. The van der Waals surface area contributed by atoms with Crippen molar-refractivity contribution in [2.75, 3.05) is 30.3 Å². The Kier molecular flexibility index (Phi) is 11.0. The maximum Gasteiger partial charge on any atom is 0.238 e. The van der Waals surface area contributed by atoms with Gasteiger partial charge in [0.05, 0.1) is 6.54 Å². The van der Waals surface area contributed by atoms with Crippen molar-refractivity contribution in [3.05, 3.63) is 23.8 Å². The van der Waals surface area contributed by atoms with E-state index in [1.807, 2.05) is 25.1 Å². The Bertz CT molecular complexity index is 681. The van der Waals surface area contributed by atoms with Crippen molar-refractivity contribution in [1.29, 1.82) is 0 Å². The number of carbonyl (C=O) groups is 2. The lowest BCUT2D eigenvalue weighted by atomic mass is 9.85. The maximum atomic E-state index is 12.5. The minimum absolute atomic E-state index is 0. The van der Waals surface area contributed by atoms with Crippen molar-refractivity contribution >= 4 is 48.0 Å². The molecule has 1 saturated heterocycles. The largest absolute Gasteiger partial charge is 0.328 e. The molecule has 0 spiro atoms. The molecule has 1 aliphatic carbocycles. The number of nitrogens with two attached hydrogens (primary N) is 1. The maximum absolute atomic E-state index is 12.5. The van der Waals surface area contributed by atoms with E-state index in [1.54, 1.807) is 0 Å². The van der Waals surface area contributed by atoms with Gasteiger partial charge in [0, 0.05) is 23.3 Å². The van der Waals surface area contributed by atoms with E-state index < -0.39 is 0 Å². The van der Waals surface area contributed by atoms with Gasteiger partial charge in [-0.1, -0.05) is 18.9 Å². The van der Waals surface area contributed by atoms with Crippen LogP contribution in [0.1, 0.15) is 50.5 Å². The molecular formula is C21H34Cl2N4O2. The fourth-order valence-electron chi connectivity index (χ4n) is 4.05. The standard InChI is InChI=1S/C21H32N4O2.2ClH/c1-15-8-9-18(23-21(27)16-6-5-7-17(22)12-16)13-19(15)24-20(26)14-25-10-3-2-4-11-25;;/h8-9,13,16-17H,2-7,10-12,14,22H2,1H3,(H,23,27)(H,24,26);2*1H. The van der Waals surface area contributed by atoms with E-state index in [1.165, 1.54) is 19.3 Å². The first-order chi connectivity index (χ1) is 13.0. The van der Waals surface area contributed by atoms with Crippen LogP contribution in [-0.4, -0.2) is 42.4 Å². The SMILES string of the molecule is Cc1ccc(NC(=O)C2CCCC(N)C2)cc1NC(=O)CN1CCCCC1.Cl.Cl. The monoisotopic (exact) mass is 444 g/mol. The summed E-state index contributed by atoms with van der Waals surface area (Å²) in [7, 11) is 0. The Hall–Kier alpha value is -1.34. The second-order valence-electron chi connectivity index (χ2n) is 8.03. The molecule has 0 bridgehead atoms. The van der Waals surface area contributed by atoms with E-state index in [4.69, 9.17) is 5.73 Å². The molecule has 1 saturated carbocycles. The van der Waals surface area contributed by atoms with Gasteiger partial charge in [-0.3, -0.25) is 14.5 Å². The minimum Gasteiger partial charge on any atom is -0.328 e. The lowest BCUT2D eigenvalue weighted by Crippen LogP contribution is -2.37. The van der Waals surface area contributed by atoms with Crippen LogP contribution < -0.4 is 16.4 Å². The van der Waals surface area contributed by atoms with Crippen molar-refractivity contribution in [3.63, 3.8) is 0 Å². The van der Waals surface area contributed by atoms with Crippen molar-refractivity contribution in [3.8, 4) is 0 Å². The number of nitrogens with zero attached hydrogens (tertiary/aromatic N) is 1. The number of nitrogens with one attached hydrogen (secondary N) is 2. The summed E-state index contributed by atoms with van der Waals surface area (Å²) in [5, 5.41) is 6.00. The summed E-state index contributed by atoms with van der Waals surface area (Å²) < 4.78 is 0. The molecule has 29 heavy (non-hydrogen) atoms. The Morgan fingerprint density at radius 1 is 1.07 bits per heavy atom. The number of amides is 2. The second kappa shape index (κ2) is 12.4. The fourth-order valence-corrected chi connectivity index (χ4v) is 4.05. The average molecular weight is 445 g/mol. The Balaban J connectivity index is 0.00000210. The molecule has 0 radical (unpaired) electrons. The molecule has 2 amide bonds. The Labute approximate surface area is 186 Å². The van der Waals surface area contributed by atoms with Crippen LogP contribution in [0, 0.1) is 12.8 Å². The Morgan fingerprint density at radius 3 is 2.48 bits per heavy atom. The van der Waals surface area contributed by atoms with Crippen molar-refractivity contribution in [2.24, 2.45) is 11.7 Å². The van der Waals surface area contributed by atoms with Gasteiger partial charge in [-0.05, 0) is 69.8 Å². The van der Waals surface area contributed by atoms with Gasteiger partial charge >= 0.3 is 0 Å². The summed E-state index contributed by atoms with van der Waals surface area (Å²) in [6.45, 7) is 4.37. The van der Waals surface area contributed by atoms with Crippen molar-refractivity contribution in [2.45, 2.75) is 57.9 Å². The zero-order chi connectivity index (χ0) is 19.2. The van der Waals surface area contributed by atoms with Gasteiger partial charge in [-0.15, -0.1) is 24.8 Å². The normalized spacial score (nSPS) is 22.0. The van der Waals surface area contributed by atoms with Gasteiger partial charge in [0.1, 0.15) is 0 Å². The van der Waals surface area contributed by atoms with E-state index in [0.717, 1.165) is 55.7 Å². The number of likely N-dealkylation sites (tertiary alicyclic amines) is 1. The molecule has 4 N–H and O–H groups in total. The summed E-state index contributed by atoms with van der Waals surface area (Å²) in [6, 6.07) is 5.79. The second-order valence-corrected chi connectivity index (χ2v) is 8.03. The van der Waals surface area contributed by atoms with Gasteiger partial charge in [-0.2, -0.15) is 0 Å². The molecule has 8 heteroatoms. The first-order valence-electron chi connectivity index (χ1n) is 10.2. The average Bonchev–Trinajstić information content (AvgIpc) is 2.65. The van der Waals surface area contributed by atoms with Crippen LogP contribution in [0.4, 0.5) is 11.4 Å². The molecule has 2 fully saturated rings. The quantitative estimate of drug-likeness (QED) is 0.645. The summed E-state index contributed by atoms with van der Waals surface area (Å²) >= 11 is 0. The van der Waals surface area contributed by atoms with E-state index in [0.29, 0.717) is 6.54 Å². The molecule has 2 unspecified atom stereocenters. The number of aryl methyl sites for hydroxylation is 1. The molecule has 1 aromatic rings. The highest BCUT2D eigenvalue weighted by Crippen LogP contribution is 2.26. The third-order valence-corrected chi connectivity index (χ3v) is 5.68. The van der Waals surface area contributed by atoms with E-state index in [2.05, 4.69) is 15.5 Å². The molecule has 6 nitrogen and oxygen atoms in total. The van der Waals surface area contributed by atoms with Gasteiger partial charge in [0.2, 0.25) is 11.8 Å². The molecule has 0 aromatic heterocycles. The molecule has 164 valence electrons. The number of hydrogen-bond acceptors (Lipinski definition) is 4. The third-order valence-electron chi connectivity index (χ3n) is 5.68. The highest BCUT2D eigenvalue weighted by molar-refractivity contribution is 5.96. The lowest BCUT2D eigenvalue weighted by molar-refractivity contribution is -0.121. The smallest absolute Gasteiger partial charge is 0.238 e. The van der Waals surface area contributed by atoms with Crippen LogP contribution in [-0.2, 0) is 9.59 Å². The molecule has 2 atom stereocenters. The molecule has 2 aliphatic rings. The zero-order valence-electron chi connectivity index (χ0n) is 17.1. The van der Waals surface area contributed by atoms with E-state index in [-0.39, 0.29) is 48.6 Å². The first kappa shape index (κ1) is 25.7. The minimum atomic E-state index is -0.0211. The zero-order valence-corrected chi connectivity index (χ0v) is 18.7. The van der Waals surface area contributed by atoms with Crippen molar-refractivity contribution < 1.29 is 9.59 Å². The van der Waals surface area contributed by atoms with E-state index >= 15 is 0 Å². The first-order valence-corrected chi connectivity index (χ1v) is 10.2. The van der Waals surface area contributed by atoms with Gasteiger partial charge < -0.3 is 16.4 Å². The molecule has 3 rings (SSSR count). The predicted octanol–water partition coefficient (Wildman–Crippen LogP) is 3.72. The number of benzene rings is 1. The number of halogens is 2. The number of rotatable bonds is 5. The van der Waals surface area contributed by atoms with Crippen LogP contribution in [0.3, 0.4) is 0 Å². The van der Waals surface area contributed by atoms with Crippen LogP contribution in [0.2, 0.25) is 0 Å². The molecule has 1 aliphatic heterocycles. The summed E-state index contributed by atoms with van der Waals surface area (Å²) in [6.07, 6.45) is 7.23. The van der Waals surface area contributed by atoms with Crippen LogP contribution in [0.25, 0.3) is 0 Å². The fraction of sp³-hybridized carbons (Fsp3) is 0.619.